The van der Waals surface area contributed by atoms with Crippen molar-refractivity contribution < 1.29 is 57.6 Å². The van der Waals surface area contributed by atoms with E-state index in [0.29, 0.717) is 16.7 Å². The number of nitrogens with two attached hydrogens (primary N) is 6. The first-order chi connectivity index (χ1) is 32.5. The van der Waals surface area contributed by atoms with Crippen LogP contribution >= 0.6 is 0 Å². The van der Waals surface area contributed by atoms with E-state index in [-0.39, 0.29) is 19.3 Å². The molecule has 0 saturated heterocycles. The van der Waals surface area contributed by atoms with Crippen LogP contribution in [-0.4, -0.2) is 47.6 Å². The Labute approximate surface area is 393 Å². The van der Waals surface area contributed by atoms with Crippen molar-refractivity contribution in [3.8, 4) is 0 Å². The van der Waals surface area contributed by atoms with Crippen molar-refractivity contribution in [2.45, 2.75) is 50.9 Å². The molecule has 18 nitrogen and oxygen atoms in total. The minimum Gasteiger partial charge on any atom is -0.387 e. The number of hydrogen-bond acceptors (Lipinski definition) is 15. The maximum atomic E-state index is 13.8. The second kappa shape index (κ2) is 27.6. The van der Waals surface area contributed by atoms with Crippen molar-refractivity contribution in [3.05, 3.63) is 162 Å². The smallest absolute Gasteiger partial charge is 0.338 e. The lowest BCUT2D eigenvalue weighted by molar-refractivity contribution is -0.157. The number of esters is 2. The Morgan fingerprint density at radius 2 is 0.853 bits per heavy atom. The number of cyclic esters (lactones) is 2. The summed E-state index contributed by atoms with van der Waals surface area (Å²) < 4.78 is 3.97. The average molecular weight is 935 g/mol. The summed E-state index contributed by atoms with van der Waals surface area (Å²) in [5.74, 6) is -1.61. The summed E-state index contributed by atoms with van der Waals surface area (Å²) in [6.07, 6.45) is 3.40. The van der Waals surface area contributed by atoms with Gasteiger partial charge in [0.2, 0.25) is 17.7 Å². The van der Waals surface area contributed by atoms with E-state index in [1.807, 2.05) is 36.4 Å². The van der Waals surface area contributed by atoms with E-state index in [1.54, 1.807) is 105 Å². The van der Waals surface area contributed by atoms with E-state index >= 15 is 0 Å². The first-order valence-electron chi connectivity index (χ1n) is 21.4. The summed E-state index contributed by atoms with van der Waals surface area (Å²) in [6.45, 7) is 6.97. The number of carbonyl (C=O) groups is 8. The van der Waals surface area contributed by atoms with Gasteiger partial charge in [-0.1, -0.05) is 148 Å². The minimum absolute atomic E-state index is 0.0713. The van der Waals surface area contributed by atoms with Crippen molar-refractivity contribution in [2.75, 3.05) is 0 Å². The van der Waals surface area contributed by atoms with Crippen LogP contribution in [-0.2, 0) is 57.6 Å². The molecule has 4 aromatic rings. The average Bonchev–Trinajstić information content (AvgIpc) is 3.75. The molecule has 0 radical (unpaired) electrons. The second-order valence-corrected chi connectivity index (χ2v) is 15.7. The SMILES string of the molecule is C=Cc1ccccc1.CCC(C(=O)ON)C(C(N)=O)C(CC(C(=O)ON)C(C(N)=O)C(CC(C(=O)ON)C(C(N)=O)C(C)c1ccccc1)c1ccccc1)c1ccccc1.O=C1C=CC(=O)O1. The minimum atomic E-state index is -1.52. The molecule has 0 saturated carbocycles. The molecule has 3 amide bonds. The maximum absolute atomic E-state index is 13.8. The van der Waals surface area contributed by atoms with Crippen LogP contribution in [0, 0.1) is 35.5 Å². The van der Waals surface area contributed by atoms with E-state index in [0.717, 1.165) is 12.2 Å². The van der Waals surface area contributed by atoms with Gasteiger partial charge in [0.05, 0.1) is 35.5 Å². The topological polar surface area (TPSA) is 330 Å². The zero-order valence-corrected chi connectivity index (χ0v) is 37.7. The number of amides is 3. The van der Waals surface area contributed by atoms with Gasteiger partial charge < -0.3 is 36.5 Å². The zero-order chi connectivity index (χ0) is 50.3. The van der Waals surface area contributed by atoms with Gasteiger partial charge in [0, 0.05) is 12.2 Å². The van der Waals surface area contributed by atoms with Gasteiger partial charge in [0.25, 0.3) is 0 Å². The first-order valence-corrected chi connectivity index (χ1v) is 21.4. The Balaban J connectivity index is 0.000000685. The highest BCUT2D eigenvalue weighted by atomic mass is 16.7. The number of rotatable bonds is 21. The first kappa shape index (κ1) is 54.5. The van der Waals surface area contributed by atoms with Crippen molar-refractivity contribution in [1.82, 2.24) is 0 Å². The molecule has 18 heteroatoms. The highest BCUT2D eigenvalue weighted by molar-refractivity contribution is 6.05. The summed E-state index contributed by atoms with van der Waals surface area (Å²) in [5, 5.41) is 0. The Kier molecular flexibility index (Phi) is 22.2. The molecule has 4 aromatic carbocycles. The molecule has 9 unspecified atom stereocenters. The molecule has 1 aliphatic rings. The van der Waals surface area contributed by atoms with Crippen LogP contribution in [0.15, 0.2) is 140 Å². The predicted octanol–water partition coefficient (Wildman–Crippen LogP) is 3.91. The molecule has 0 bridgehead atoms. The Morgan fingerprint density at radius 3 is 1.15 bits per heavy atom. The van der Waals surface area contributed by atoms with Crippen LogP contribution < -0.4 is 34.9 Å². The second-order valence-electron chi connectivity index (χ2n) is 15.7. The van der Waals surface area contributed by atoms with Gasteiger partial charge in [0.15, 0.2) is 0 Å². The van der Waals surface area contributed by atoms with Crippen molar-refractivity contribution in [3.63, 3.8) is 0 Å². The van der Waals surface area contributed by atoms with E-state index in [2.05, 4.69) is 16.2 Å². The third-order valence-corrected chi connectivity index (χ3v) is 11.8. The van der Waals surface area contributed by atoms with E-state index in [9.17, 15) is 38.4 Å². The van der Waals surface area contributed by atoms with Crippen LogP contribution in [0.2, 0.25) is 0 Å². The molecular weight excluding hydrogens is 877 g/mol. The number of carbonyl (C=O) groups excluding carboxylic acids is 8. The van der Waals surface area contributed by atoms with E-state index < -0.39 is 101 Å². The fourth-order valence-corrected chi connectivity index (χ4v) is 8.54. The lowest BCUT2D eigenvalue weighted by atomic mass is 9.65. The largest absolute Gasteiger partial charge is 0.387 e. The summed E-state index contributed by atoms with van der Waals surface area (Å²) >= 11 is 0. The van der Waals surface area contributed by atoms with E-state index in [4.69, 9.17) is 44.6 Å². The van der Waals surface area contributed by atoms with Crippen molar-refractivity contribution in [1.29, 1.82) is 0 Å². The molecule has 9 atom stereocenters. The quantitative estimate of drug-likeness (QED) is 0.0392. The fourth-order valence-electron chi connectivity index (χ4n) is 8.54. The van der Waals surface area contributed by atoms with Gasteiger partial charge in [-0.25, -0.2) is 9.59 Å². The summed E-state index contributed by atoms with van der Waals surface area (Å²) in [4.78, 5) is 114. The summed E-state index contributed by atoms with van der Waals surface area (Å²) in [6, 6.07) is 35.6. The number of primary amides is 3. The van der Waals surface area contributed by atoms with Gasteiger partial charge in [-0.3, -0.25) is 28.8 Å². The number of benzene rings is 4. The normalized spacial score (nSPS) is 15.5. The lowest BCUT2D eigenvalue weighted by Crippen LogP contribution is -2.46. The van der Waals surface area contributed by atoms with Crippen LogP contribution in [0.25, 0.3) is 6.08 Å². The van der Waals surface area contributed by atoms with E-state index in [1.165, 1.54) is 5.56 Å². The lowest BCUT2D eigenvalue weighted by Gasteiger charge is -2.37. The monoisotopic (exact) mass is 934 g/mol. The van der Waals surface area contributed by atoms with Crippen LogP contribution in [0.3, 0.4) is 0 Å². The molecular formula is C50H58N6O12. The molecule has 68 heavy (non-hydrogen) atoms. The zero-order valence-electron chi connectivity index (χ0n) is 37.7. The van der Waals surface area contributed by atoms with Gasteiger partial charge in [-0.2, -0.15) is 17.7 Å². The third kappa shape index (κ3) is 15.4. The Morgan fingerprint density at radius 1 is 0.529 bits per heavy atom. The molecule has 0 spiro atoms. The fraction of sp³-hybridized carbons (Fsp3) is 0.280. The molecule has 0 aliphatic carbocycles. The summed E-state index contributed by atoms with van der Waals surface area (Å²) in [7, 11) is 0. The number of ether oxygens (including phenoxy) is 1. The molecule has 1 heterocycles. The predicted molar refractivity (Wildman–Crippen MR) is 249 cm³/mol. The third-order valence-electron chi connectivity index (χ3n) is 11.8. The molecule has 360 valence electrons. The highest BCUT2D eigenvalue weighted by Crippen LogP contribution is 2.46. The Hall–Kier alpha value is -7.80. The Bertz CT molecular complexity index is 2340. The molecule has 12 N–H and O–H groups in total. The van der Waals surface area contributed by atoms with Gasteiger partial charge in [-0.05, 0) is 59.3 Å². The van der Waals surface area contributed by atoms with Gasteiger partial charge in [0.1, 0.15) is 0 Å². The molecule has 5 rings (SSSR count). The molecule has 0 aromatic heterocycles. The van der Waals surface area contributed by atoms with Crippen LogP contribution in [0.5, 0.6) is 0 Å². The van der Waals surface area contributed by atoms with Crippen LogP contribution in [0.4, 0.5) is 0 Å². The molecule has 0 fully saturated rings. The van der Waals surface area contributed by atoms with Crippen LogP contribution in [0.1, 0.15) is 73.1 Å². The van der Waals surface area contributed by atoms with Crippen molar-refractivity contribution >= 4 is 53.6 Å². The van der Waals surface area contributed by atoms with Gasteiger partial charge in [-0.15, -0.1) is 0 Å². The van der Waals surface area contributed by atoms with Crippen molar-refractivity contribution in [2.24, 2.45) is 70.4 Å². The van der Waals surface area contributed by atoms with Gasteiger partial charge >= 0.3 is 29.8 Å². The number of hydrogen-bond donors (Lipinski definition) is 6. The summed E-state index contributed by atoms with van der Waals surface area (Å²) in [5.41, 5.74) is 20.8. The standard InChI is InChI=1S/C38H48N6O9.C8H8.C4H2O3/c1-3-25(36(48)51-42)31(34(40)46)26(23-15-9-5-10-16-23)20-29(38(50)53-44)32(35(41)47)27(24-17-11-6-12-18-24)19-28(37(49)52-43)30(33(39)45)21(2)22-13-7-4-8-14-22;1-2-8-6-4-3-5-7-8;5-3-1-2-4(6)7-3/h4-18,21,25-32H,3,19-20,42-44H2,1-2H3,(H2,39,45)(H2,40,46)(H2,41,47);2-7H,1H2;1-2H. The molecule has 1 aliphatic heterocycles. The maximum Gasteiger partial charge on any atom is 0.338 e. The highest BCUT2D eigenvalue weighted by Gasteiger charge is 2.48.